The van der Waals surface area contributed by atoms with Crippen LogP contribution in [0.25, 0.3) is 0 Å². The SMILES string of the molecule is NC(=O)C1CCN(CCCCNCc2ccc(Cl)s2)CC1. The van der Waals surface area contributed by atoms with Crippen molar-refractivity contribution in [1.29, 1.82) is 0 Å². The molecule has 1 saturated heterocycles. The van der Waals surface area contributed by atoms with Gasteiger partial charge in [-0.1, -0.05) is 11.6 Å². The molecule has 0 atom stereocenters. The Balaban J connectivity index is 1.48. The fraction of sp³-hybridized carbons (Fsp3) is 0.667. The molecule has 1 aliphatic rings. The van der Waals surface area contributed by atoms with Crippen LogP contribution in [0.4, 0.5) is 0 Å². The second-order valence-corrected chi connectivity index (χ2v) is 7.41. The van der Waals surface area contributed by atoms with E-state index in [4.69, 9.17) is 17.3 Å². The molecule has 2 heterocycles. The summed E-state index contributed by atoms with van der Waals surface area (Å²) in [7, 11) is 0. The number of nitrogens with two attached hydrogens (primary N) is 1. The average Bonchev–Trinajstić information content (AvgIpc) is 2.89. The van der Waals surface area contributed by atoms with E-state index in [0.29, 0.717) is 0 Å². The third-order valence-electron chi connectivity index (χ3n) is 4.00. The molecule has 0 saturated carbocycles. The Morgan fingerprint density at radius 2 is 2.14 bits per heavy atom. The Morgan fingerprint density at radius 1 is 1.38 bits per heavy atom. The van der Waals surface area contributed by atoms with Crippen molar-refractivity contribution in [3.63, 3.8) is 0 Å². The topological polar surface area (TPSA) is 58.4 Å². The molecule has 4 nitrogen and oxygen atoms in total. The van der Waals surface area contributed by atoms with Crippen LogP contribution in [-0.2, 0) is 11.3 Å². The molecule has 3 N–H and O–H groups in total. The first kappa shape index (κ1) is 16.7. The van der Waals surface area contributed by atoms with E-state index < -0.39 is 0 Å². The molecule has 0 spiro atoms. The van der Waals surface area contributed by atoms with Crippen LogP contribution < -0.4 is 11.1 Å². The predicted octanol–water partition coefficient (Wildman–Crippen LogP) is 2.47. The van der Waals surface area contributed by atoms with Crippen molar-refractivity contribution in [2.24, 2.45) is 11.7 Å². The number of nitrogens with one attached hydrogen (secondary N) is 1. The molecule has 0 aliphatic carbocycles. The van der Waals surface area contributed by atoms with Crippen molar-refractivity contribution in [3.8, 4) is 0 Å². The van der Waals surface area contributed by atoms with Gasteiger partial charge in [-0.2, -0.15) is 0 Å². The number of nitrogens with zero attached hydrogens (tertiary/aromatic N) is 1. The number of hydrogen-bond donors (Lipinski definition) is 2. The minimum Gasteiger partial charge on any atom is -0.369 e. The van der Waals surface area contributed by atoms with Crippen LogP contribution in [0, 0.1) is 5.92 Å². The molecular formula is C15H24ClN3OS. The molecule has 0 radical (unpaired) electrons. The van der Waals surface area contributed by atoms with Gasteiger partial charge in [-0.05, 0) is 64.0 Å². The summed E-state index contributed by atoms with van der Waals surface area (Å²) in [5.41, 5.74) is 5.34. The minimum absolute atomic E-state index is 0.0977. The van der Waals surface area contributed by atoms with Crippen LogP contribution in [-0.4, -0.2) is 37.0 Å². The van der Waals surface area contributed by atoms with Crippen LogP contribution in [0.2, 0.25) is 4.34 Å². The molecular weight excluding hydrogens is 306 g/mol. The van der Waals surface area contributed by atoms with Gasteiger partial charge >= 0.3 is 0 Å². The third-order valence-corrected chi connectivity index (χ3v) is 5.23. The lowest BCUT2D eigenvalue weighted by Gasteiger charge is -2.30. The lowest BCUT2D eigenvalue weighted by Crippen LogP contribution is -2.39. The first-order chi connectivity index (χ1) is 10.1. The first-order valence-electron chi connectivity index (χ1n) is 7.62. The molecule has 0 unspecified atom stereocenters. The summed E-state index contributed by atoms with van der Waals surface area (Å²) in [5.74, 6) is -0.0342. The first-order valence-corrected chi connectivity index (χ1v) is 8.81. The van der Waals surface area contributed by atoms with Gasteiger partial charge < -0.3 is 16.0 Å². The number of carbonyl (C=O) groups excluding carboxylic acids is 1. The molecule has 0 bridgehead atoms. The Bertz CT molecular complexity index is 444. The zero-order valence-corrected chi connectivity index (χ0v) is 13.9. The van der Waals surface area contributed by atoms with E-state index in [1.807, 2.05) is 6.07 Å². The highest BCUT2D eigenvalue weighted by Gasteiger charge is 2.22. The summed E-state index contributed by atoms with van der Waals surface area (Å²) in [6, 6.07) is 4.02. The number of piperidine rings is 1. The summed E-state index contributed by atoms with van der Waals surface area (Å²) in [4.78, 5) is 14.8. The second kappa shape index (κ2) is 8.73. The van der Waals surface area contributed by atoms with Gasteiger partial charge in [0.2, 0.25) is 5.91 Å². The number of hydrogen-bond acceptors (Lipinski definition) is 4. The molecule has 1 amide bonds. The van der Waals surface area contributed by atoms with Crippen molar-refractivity contribution in [2.75, 3.05) is 26.2 Å². The van der Waals surface area contributed by atoms with Crippen molar-refractivity contribution in [3.05, 3.63) is 21.3 Å². The van der Waals surface area contributed by atoms with Crippen LogP contribution in [0.5, 0.6) is 0 Å². The van der Waals surface area contributed by atoms with Crippen molar-refractivity contribution >= 4 is 28.8 Å². The summed E-state index contributed by atoms with van der Waals surface area (Å²) in [6.45, 7) is 5.08. The Kier molecular flexibility index (Phi) is 6.96. The summed E-state index contributed by atoms with van der Waals surface area (Å²) >= 11 is 7.53. The quantitative estimate of drug-likeness (QED) is 0.720. The summed E-state index contributed by atoms with van der Waals surface area (Å²) in [6.07, 6.45) is 4.22. The third kappa shape index (κ3) is 5.94. The zero-order chi connectivity index (χ0) is 15.1. The number of halogens is 1. The largest absolute Gasteiger partial charge is 0.369 e. The number of rotatable bonds is 8. The number of likely N-dealkylation sites (tertiary alicyclic amines) is 1. The lowest BCUT2D eigenvalue weighted by atomic mass is 9.96. The monoisotopic (exact) mass is 329 g/mol. The maximum Gasteiger partial charge on any atom is 0.220 e. The average molecular weight is 330 g/mol. The Labute approximate surface area is 135 Å². The predicted molar refractivity (Wildman–Crippen MR) is 88.6 cm³/mol. The molecule has 1 aromatic rings. The number of unbranched alkanes of at least 4 members (excludes halogenated alkanes) is 1. The molecule has 21 heavy (non-hydrogen) atoms. The van der Waals surface area contributed by atoms with E-state index in [2.05, 4.69) is 16.3 Å². The van der Waals surface area contributed by atoms with E-state index in [-0.39, 0.29) is 11.8 Å². The lowest BCUT2D eigenvalue weighted by molar-refractivity contribution is -0.123. The minimum atomic E-state index is -0.132. The Hall–Kier alpha value is -0.620. The number of thiophene rings is 1. The fourth-order valence-corrected chi connectivity index (χ4v) is 3.74. The van der Waals surface area contributed by atoms with Crippen LogP contribution in [0.1, 0.15) is 30.6 Å². The molecule has 0 aromatic carbocycles. The number of amides is 1. The summed E-state index contributed by atoms with van der Waals surface area (Å²) < 4.78 is 0.853. The van der Waals surface area contributed by atoms with Gasteiger partial charge in [0.25, 0.3) is 0 Å². The van der Waals surface area contributed by atoms with Gasteiger partial charge in [-0.15, -0.1) is 11.3 Å². The smallest absolute Gasteiger partial charge is 0.220 e. The van der Waals surface area contributed by atoms with E-state index in [9.17, 15) is 4.79 Å². The van der Waals surface area contributed by atoms with Gasteiger partial charge in [-0.25, -0.2) is 0 Å². The van der Waals surface area contributed by atoms with Gasteiger partial charge in [-0.3, -0.25) is 4.79 Å². The maximum atomic E-state index is 11.1. The van der Waals surface area contributed by atoms with E-state index >= 15 is 0 Å². The molecule has 1 aromatic heterocycles. The number of primary amides is 1. The van der Waals surface area contributed by atoms with Crippen LogP contribution >= 0.6 is 22.9 Å². The van der Waals surface area contributed by atoms with Crippen LogP contribution in [0.15, 0.2) is 12.1 Å². The second-order valence-electron chi connectivity index (χ2n) is 5.61. The number of carbonyl (C=O) groups is 1. The zero-order valence-electron chi connectivity index (χ0n) is 12.3. The maximum absolute atomic E-state index is 11.1. The van der Waals surface area contributed by atoms with E-state index in [1.54, 1.807) is 11.3 Å². The standard InChI is InChI=1S/C15H24ClN3OS/c16-14-4-3-13(21-14)11-18-7-1-2-8-19-9-5-12(6-10-19)15(17)20/h3-4,12,18H,1-2,5-11H2,(H2,17,20). The van der Waals surface area contributed by atoms with Crippen molar-refractivity contribution in [2.45, 2.75) is 32.2 Å². The highest BCUT2D eigenvalue weighted by Crippen LogP contribution is 2.21. The fourth-order valence-electron chi connectivity index (χ4n) is 2.68. The van der Waals surface area contributed by atoms with Gasteiger partial charge in [0.1, 0.15) is 0 Å². The van der Waals surface area contributed by atoms with E-state index in [0.717, 1.165) is 49.9 Å². The van der Waals surface area contributed by atoms with Gasteiger partial charge in [0, 0.05) is 17.3 Å². The normalized spacial score (nSPS) is 17.2. The van der Waals surface area contributed by atoms with Crippen LogP contribution in [0.3, 0.4) is 0 Å². The molecule has 2 rings (SSSR count). The van der Waals surface area contributed by atoms with Gasteiger partial charge in [0.15, 0.2) is 0 Å². The van der Waals surface area contributed by atoms with Crippen molar-refractivity contribution in [1.82, 2.24) is 10.2 Å². The van der Waals surface area contributed by atoms with Gasteiger partial charge in [0.05, 0.1) is 4.34 Å². The molecule has 1 aliphatic heterocycles. The highest BCUT2D eigenvalue weighted by molar-refractivity contribution is 7.16. The highest BCUT2D eigenvalue weighted by atomic mass is 35.5. The molecule has 1 fully saturated rings. The summed E-state index contributed by atoms with van der Waals surface area (Å²) in [5, 5.41) is 3.45. The Morgan fingerprint density at radius 3 is 2.76 bits per heavy atom. The molecule has 118 valence electrons. The van der Waals surface area contributed by atoms with E-state index in [1.165, 1.54) is 17.7 Å². The molecule has 6 heteroatoms. The van der Waals surface area contributed by atoms with Crippen molar-refractivity contribution < 1.29 is 4.79 Å².